The lowest BCUT2D eigenvalue weighted by Crippen LogP contribution is -2.48. The summed E-state index contributed by atoms with van der Waals surface area (Å²) in [7, 11) is 0. The quantitative estimate of drug-likeness (QED) is 0.897. The van der Waals surface area contributed by atoms with Gasteiger partial charge >= 0.3 is 6.03 Å². The topological polar surface area (TPSA) is 32.3 Å². The van der Waals surface area contributed by atoms with Crippen molar-refractivity contribution in [3.63, 3.8) is 0 Å². The Balaban J connectivity index is 1.87. The van der Waals surface area contributed by atoms with Crippen molar-refractivity contribution in [1.29, 1.82) is 0 Å². The van der Waals surface area contributed by atoms with Gasteiger partial charge in [0.1, 0.15) is 0 Å². The molecule has 0 bridgehead atoms. The summed E-state index contributed by atoms with van der Waals surface area (Å²) in [6.45, 7) is 3.65. The predicted molar refractivity (Wildman–Crippen MR) is 81.0 cm³/mol. The molecule has 2 rings (SSSR count). The van der Waals surface area contributed by atoms with Gasteiger partial charge in [-0.2, -0.15) is 0 Å². The molecule has 1 atom stereocenters. The molecule has 0 radical (unpaired) electrons. The molecule has 1 aromatic rings. The molecule has 1 N–H and O–H groups in total. The number of hydrogen-bond acceptors (Lipinski definition) is 1. The summed E-state index contributed by atoms with van der Waals surface area (Å²) in [6, 6.07) is 8.54. The maximum atomic E-state index is 12.2. The van der Waals surface area contributed by atoms with Crippen molar-refractivity contribution in [2.24, 2.45) is 0 Å². The maximum Gasteiger partial charge on any atom is 0.317 e. The highest BCUT2D eigenvalue weighted by Gasteiger charge is 2.24. The van der Waals surface area contributed by atoms with E-state index in [1.54, 1.807) is 0 Å². The van der Waals surface area contributed by atoms with Crippen LogP contribution >= 0.6 is 15.9 Å². The Hall–Kier alpha value is -1.03. The molecule has 1 unspecified atom stereocenters. The summed E-state index contributed by atoms with van der Waals surface area (Å²) in [4.78, 5) is 14.2. The number of likely N-dealkylation sites (tertiary alicyclic amines) is 1. The molecule has 0 aliphatic carbocycles. The van der Waals surface area contributed by atoms with Crippen LogP contribution in [0.3, 0.4) is 0 Å². The van der Waals surface area contributed by atoms with Gasteiger partial charge in [-0.1, -0.05) is 35.0 Å². The molecule has 4 heteroatoms. The molecular weight excluding hydrogens is 304 g/mol. The van der Waals surface area contributed by atoms with Gasteiger partial charge in [-0.05, 0) is 43.4 Å². The van der Waals surface area contributed by atoms with Crippen LogP contribution in [0.15, 0.2) is 28.7 Å². The maximum absolute atomic E-state index is 12.2. The second kappa shape index (κ2) is 6.94. The summed E-state index contributed by atoms with van der Waals surface area (Å²) in [5.74, 6) is 0. The molecule has 1 heterocycles. The second-order valence-electron chi connectivity index (χ2n) is 5.04. The van der Waals surface area contributed by atoms with Crippen LogP contribution in [0.2, 0.25) is 0 Å². The Morgan fingerprint density at radius 1 is 1.37 bits per heavy atom. The Bertz CT molecular complexity index is 419. The van der Waals surface area contributed by atoms with Crippen molar-refractivity contribution in [1.82, 2.24) is 10.2 Å². The minimum atomic E-state index is 0.0782. The van der Waals surface area contributed by atoms with Gasteiger partial charge in [-0.3, -0.25) is 0 Å². The second-order valence-corrected chi connectivity index (χ2v) is 5.95. The van der Waals surface area contributed by atoms with Crippen LogP contribution in [-0.4, -0.2) is 23.5 Å². The van der Waals surface area contributed by atoms with Gasteiger partial charge < -0.3 is 10.2 Å². The number of piperidine rings is 1. The third-order valence-corrected chi connectivity index (χ3v) is 4.24. The Morgan fingerprint density at radius 2 is 2.11 bits per heavy atom. The number of rotatable bonds is 3. The van der Waals surface area contributed by atoms with Gasteiger partial charge in [0, 0.05) is 23.6 Å². The van der Waals surface area contributed by atoms with E-state index in [0.29, 0.717) is 12.6 Å². The van der Waals surface area contributed by atoms with E-state index >= 15 is 0 Å². The average molecular weight is 325 g/mol. The Labute approximate surface area is 123 Å². The normalized spacial score (nSPS) is 19.3. The first-order valence-corrected chi connectivity index (χ1v) is 7.79. The first kappa shape index (κ1) is 14.4. The smallest absolute Gasteiger partial charge is 0.317 e. The van der Waals surface area contributed by atoms with E-state index < -0.39 is 0 Å². The largest absolute Gasteiger partial charge is 0.334 e. The van der Waals surface area contributed by atoms with E-state index in [2.05, 4.69) is 28.2 Å². The number of hydrogen-bond donors (Lipinski definition) is 1. The molecule has 1 aliphatic rings. The molecule has 0 spiro atoms. The van der Waals surface area contributed by atoms with E-state index in [1.807, 2.05) is 29.2 Å². The number of benzene rings is 1. The van der Waals surface area contributed by atoms with Gasteiger partial charge in [0.2, 0.25) is 0 Å². The Morgan fingerprint density at radius 3 is 2.79 bits per heavy atom. The number of halogens is 1. The molecule has 1 aromatic carbocycles. The zero-order valence-electron chi connectivity index (χ0n) is 11.4. The van der Waals surface area contributed by atoms with Crippen LogP contribution in [0.4, 0.5) is 4.79 Å². The summed E-state index contributed by atoms with van der Waals surface area (Å²) in [5.41, 5.74) is 1.13. The molecule has 1 saturated heterocycles. The molecule has 19 heavy (non-hydrogen) atoms. The molecule has 0 aromatic heterocycles. The van der Waals surface area contributed by atoms with Gasteiger partial charge in [0.05, 0.1) is 0 Å². The highest BCUT2D eigenvalue weighted by atomic mass is 79.9. The predicted octanol–water partition coefficient (Wildman–Crippen LogP) is 3.92. The van der Waals surface area contributed by atoms with E-state index in [4.69, 9.17) is 0 Å². The van der Waals surface area contributed by atoms with Gasteiger partial charge in [0.15, 0.2) is 0 Å². The van der Waals surface area contributed by atoms with Crippen molar-refractivity contribution < 1.29 is 4.79 Å². The molecule has 0 saturated carbocycles. The molecule has 104 valence electrons. The minimum Gasteiger partial charge on any atom is -0.334 e. The number of carbonyl (C=O) groups excluding carboxylic acids is 1. The number of carbonyl (C=O) groups is 1. The number of urea groups is 1. The average Bonchev–Trinajstić information content (AvgIpc) is 2.46. The van der Waals surface area contributed by atoms with Crippen molar-refractivity contribution in [3.05, 3.63) is 34.3 Å². The van der Waals surface area contributed by atoms with Gasteiger partial charge in [0.25, 0.3) is 0 Å². The van der Waals surface area contributed by atoms with Crippen molar-refractivity contribution in [2.45, 2.75) is 45.2 Å². The van der Waals surface area contributed by atoms with Crippen LogP contribution in [0.1, 0.15) is 38.2 Å². The summed E-state index contributed by atoms with van der Waals surface area (Å²) in [6.07, 6.45) is 4.56. The highest BCUT2D eigenvalue weighted by molar-refractivity contribution is 9.10. The molecule has 2 amide bonds. The van der Waals surface area contributed by atoms with Gasteiger partial charge in [-0.25, -0.2) is 4.79 Å². The zero-order chi connectivity index (χ0) is 13.7. The number of nitrogens with one attached hydrogen (secondary N) is 1. The zero-order valence-corrected chi connectivity index (χ0v) is 12.9. The first-order valence-electron chi connectivity index (χ1n) is 6.99. The molecule has 3 nitrogen and oxygen atoms in total. The SMILES string of the molecule is CCC1CCCCN1C(=O)NCc1ccc(Br)cc1. The van der Waals surface area contributed by atoms with E-state index in [9.17, 15) is 4.79 Å². The third-order valence-electron chi connectivity index (χ3n) is 3.72. The van der Waals surface area contributed by atoms with Crippen LogP contribution < -0.4 is 5.32 Å². The fraction of sp³-hybridized carbons (Fsp3) is 0.533. The third kappa shape index (κ3) is 3.96. The summed E-state index contributed by atoms with van der Waals surface area (Å²) < 4.78 is 1.06. The van der Waals surface area contributed by atoms with E-state index in [1.165, 1.54) is 6.42 Å². The van der Waals surface area contributed by atoms with Gasteiger partial charge in [-0.15, -0.1) is 0 Å². The number of nitrogens with zero attached hydrogens (tertiary/aromatic N) is 1. The monoisotopic (exact) mass is 324 g/mol. The van der Waals surface area contributed by atoms with E-state index in [-0.39, 0.29) is 6.03 Å². The first-order chi connectivity index (χ1) is 9.20. The Kier molecular flexibility index (Phi) is 5.25. The molecular formula is C15H21BrN2O. The molecule has 1 fully saturated rings. The lowest BCUT2D eigenvalue weighted by Gasteiger charge is -2.35. The minimum absolute atomic E-state index is 0.0782. The summed E-state index contributed by atoms with van der Waals surface area (Å²) in [5, 5.41) is 3.02. The van der Waals surface area contributed by atoms with Crippen LogP contribution in [-0.2, 0) is 6.54 Å². The number of amides is 2. The fourth-order valence-corrected chi connectivity index (χ4v) is 2.84. The van der Waals surface area contributed by atoms with Crippen LogP contribution in [0.5, 0.6) is 0 Å². The summed E-state index contributed by atoms with van der Waals surface area (Å²) >= 11 is 3.41. The van der Waals surface area contributed by atoms with Crippen molar-refractivity contribution >= 4 is 22.0 Å². The van der Waals surface area contributed by atoms with Crippen molar-refractivity contribution in [3.8, 4) is 0 Å². The van der Waals surface area contributed by atoms with Crippen molar-refractivity contribution in [2.75, 3.05) is 6.54 Å². The highest BCUT2D eigenvalue weighted by Crippen LogP contribution is 2.19. The lowest BCUT2D eigenvalue weighted by atomic mass is 10.0. The van der Waals surface area contributed by atoms with Crippen LogP contribution in [0.25, 0.3) is 0 Å². The standard InChI is InChI=1S/C15H21BrN2O/c1-2-14-5-3-4-10-18(14)15(19)17-11-12-6-8-13(16)9-7-12/h6-9,14H,2-5,10-11H2,1H3,(H,17,19). The molecule has 1 aliphatic heterocycles. The lowest BCUT2D eigenvalue weighted by molar-refractivity contribution is 0.148. The fourth-order valence-electron chi connectivity index (χ4n) is 2.57. The van der Waals surface area contributed by atoms with E-state index in [0.717, 1.165) is 35.8 Å². The van der Waals surface area contributed by atoms with Crippen LogP contribution in [0, 0.1) is 0 Å².